The van der Waals surface area contributed by atoms with E-state index in [1.165, 1.54) is 0 Å². The Hall–Kier alpha value is -2.18. The molecule has 0 unspecified atom stereocenters. The van der Waals surface area contributed by atoms with E-state index in [0.717, 1.165) is 21.9 Å². The summed E-state index contributed by atoms with van der Waals surface area (Å²) in [5.41, 5.74) is 1.88. The molecule has 0 fully saturated rings. The van der Waals surface area contributed by atoms with Crippen LogP contribution in [-0.2, 0) is 0 Å². The van der Waals surface area contributed by atoms with Gasteiger partial charge in [0.15, 0.2) is 0 Å². The van der Waals surface area contributed by atoms with Gasteiger partial charge in [-0.2, -0.15) is 0 Å². The third kappa shape index (κ3) is 1.71. The molecule has 0 amide bonds. The molecular weight excluding hydrogens is 180 g/mol. The first-order valence-electron chi connectivity index (χ1n) is 4.77. The van der Waals surface area contributed by atoms with Crippen LogP contribution in [0.15, 0.2) is 36.4 Å². The van der Waals surface area contributed by atoms with Crippen molar-refractivity contribution in [1.29, 1.82) is 0 Å². The van der Waals surface area contributed by atoms with Gasteiger partial charge in [-0.05, 0) is 29.8 Å². The summed E-state index contributed by atoms with van der Waals surface area (Å²) in [6.07, 6.45) is 5.48. The number of terminal acetylenes is 1. The highest BCUT2D eigenvalue weighted by molar-refractivity contribution is 5.89. The van der Waals surface area contributed by atoms with Gasteiger partial charge in [0, 0.05) is 11.1 Å². The summed E-state index contributed by atoms with van der Waals surface area (Å²) >= 11 is 0. The Bertz CT molecular complexity index is 601. The Balaban J connectivity index is 2.82. The molecule has 2 aromatic rings. The molecule has 0 aliphatic carbocycles. The van der Waals surface area contributed by atoms with Crippen molar-refractivity contribution in [1.82, 2.24) is 0 Å². The SMILES string of the molecule is C#Cc1cc(C#CC)cc2ccccc12. The van der Waals surface area contributed by atoms with E-state index in [1.54, 1.807) is 0 Å². The van der Waals surface area contributed by atoms with Crippen LogP contribution in [0.5, 0.6) is 0 Å². The zero-order valence-corrected chi connectivity index (χ0v) is 8.54. The van der Waals surface area contributed by atoms with Crippen molar-refractivity contribution in [3.8, 4) is 24.2 Å². The van der Waals surface area contributed by atoms with Crippen LogP contribution >= 0.6 is 0 Å². The molecule has 0 aliphatic rings. The van der Waals surface area contributed by atoms with E-state index in [0.29, 0.717) is 0 Å². The lowest BCUT2D eigenvalue weighted by Crippen LogP contribution is -1.83. The molecule has 0 saturated carbocycles. The highest BCUT2D eigenvalue weighted by atomic mass is 14.0. The van der Waals surface area contributed by atoms with Crippen LogP contribution in [0.2, 0.25) is 0 Å². The van der Waals surface area contributed by atoms with Crippen LogP contribution in [0.25, 0.3) is 10.8 Å². The van der Waals surface area contributed by atoms with Gasteiger partial charge in [-0.25, -0.2) is 0 Å². The zero-order chi connectivity index (χ0) is 10.7. The van der Waals surface area contributed by atoms with Crippen LogP contribution < -0.4 is 0 Å². The minimum atomic E-state index is 0.908. The van der Waals surface area contributed by atoms with E-state index in [1.807, 2.05) is 31.2 Å². The number of benzene rings is 2. The molecule has 0 aliphatic heterocycles. The van der Waals surface area contributed by atoms with Gasteiger partial charge in [0.1, 0.15) is 0 Å². The van der Waals surface area contributed by atoms with E-state index in [-0.39, 0.29) is 0 Å². The maximum absolute atomic E-state index is 5.48. The molecule has 0 spiro atoms. The Kier molecular flexibility index (Phi) is 2.44. The number of fused-ring (bicyclic) bond motifs is 1. The highest BCUT2D eigenvalue weighted by Crippen LogP contribution is 2.19. The van der Waals surface area contributed by atoms with E-state index >= 15 is 0 Å². The van der Waals surface area contributed by atoms with Crippen molar-refractivity contribution in [3.63, 3.8) is 0 Å². The third-order valence-electron chi connectivity index (χ3n) is 2.29. The largest absolute Gasteiger partial charge is 0.115 e. The van der Waals surface area contributed by atoms with Crippen LogP contribution in [-0.4, -0.2) is 0 Å². The number of hydrogen-bond acceptors (Lipinski definition) is 0. The van der Waals surface area contributed by atoms with Crippen molar-refractivity contribution in [3.05, 3.63) is 47.5 Å². The molecule has 0 N–H and O–H groups in total. The molecule has 2 aromatic carbocycles. The Morgan fingerprint density at radius 1 is 1.13 bits per heavy atom. The second-order valence-corrected chi connectivity index (χ2v) is 3.26. The average Bonchev–Trinajstić information content (AvgIpc) is 2.28. The van der Waals surface area contributed by atoms with Crippen molar-refractivity contribution in [2.75, 3.05) is 0 Å². The lowest BCUT2D eigenvalue weighted by molar-refractivity contribution is 1.65. The summed E-state index contributed by atoms with van der Waals surface area (Å²) in [6.45, 7) is 1.82. The lowest BCUT2D eigenvalue weighted by Gasteiger charge is -2.01. The van der Waals surface area contributed by atoms with Crippen molar-refractivity contribution in [2.24, 2.45) is 0 Å². The van der Waals surface area contributed by atoms with Crippen molar-refractivity contribution >= 4 is 10.8 Å². The summed E-state index contributed by atoms with van der Waals surface area (Å²) in [5.74, 6) is 8.61. The second kappa shape index (κ2) is 3.91. The van der Waals surface area contributed by atoms with Crippen molar-refractivity contribution < 1.29 is 0 Å². The third-order valence-corrected chi connectivity index (χ3v) is 2.29. The maximum Gasteiger partial charge on any atom is 0.0333 e. The van der Waals surface area contributed by atoms with Gasteiger partial charge >= 0.3 is 0 Å². The summed E-state index contributed by atoms with van der Waals surface area (Å²) in [6, 6.07) is 12.1. The Morgan fingerprint density at radius 2 is 1.93 bits per heavy atom. The van der Waals surface area contributed by atoms with Crippen molar-refractivity contribution in [2.45, 2.75) is 6.92 Å². The molecule has 0 heteroatoms. The molecule has 2 rings (SSSR count). The fourth-order valence-corrected chi connectivity index (χ4v) is 1.65. The standard InChI is InChI=1S/C15H10/c1-3-7-12-10-13(4-2)15-9-6-5-8-14(15)11-12/h2,5-6,8-11H,1H3. The lowest BCUT2D eigenvalue weighted by atomic mass is 10.0. The van der Waals surface area contributed by atoms with Gasteiger partial charge in [-0.3, -0.25) is 0 Å². The normalized spacial score (nSPS) is 9.07. The zero-order valence-electron chi connectivity index (χ0n) is 8.54. The molecule has 15 heavy (non-hydrogen) atoms. The van der Waals surface area contributed by atoms with E-state index in [2.05, 4.69) is 29.9 Å². The fraction of sp³-hybridized carbons (Fsp3) is 0.0667. The minimum Gasteiger partial charge on any atom is -0.115 e. The summed E-state index contributed by atoms with van der Waals surface area (Å²) in [7, 11) is 0. The van der Waals surface area contributed by atoms with Gasteiger partial charge in [0.25, 0.3) is 0 Å². The molecule has 0 bridgehead atoms. The quantitative estimate of drug-likeness (QED) is 0.560. The first kappa shape index (κ1) is 9.38. The smallest absolute Gasteiger partial charge is 0.0333 e. The van der Waals surface area contributed by atoms with Crippen LogP contribution in [0.3, 0.4) is 0 Å². The summed E-state index contributed by atoms with van der Waals surface area (Å²) < 4.78 is 0. The van der Waals surface area contributed by atoms with Gasteiger partial charge in [-0.15, -0.1) is 12.3 Å². The molecule has 70 valence electrons. The van der Waals surface area contributed by atoms with E-state index in [4.69, 9.17) is 6.42 Å². The number of hydrogen-bond donors (Lipinski definition) is 0. The highest BCUT2D eigenvalue weighted by Gasteiger charge is 1.99. The molecular formula is C15H10. The monoisotopic (exact) mass is 190 g/mol. The molecule has 0 radical (unpaired) electrons. The predicted molar refractivity (Wildman–Crippen MR) is 64.4 cm³/mol. The topological polar surface area (TPSA) is 0 Å². The molecule has 0 saturated heterocycles. The Labute approximate surface area is 89.9 Å². The fourth-order valence-electron chi connectivity index (χ4n) is 1.65. The van der Waals surface area contributed by atoms with Crippen LogP contribution in [0.4, 0.5) is 0 Å². The van der Waals surface area contributed by atoms with Gasteiger partial charge in [-0.1, -0.05) is 36.1 Å². The minimum absolute atomic E-state index is 0.908. The van der Waals surface area contributed by atoms with Crippen LogP contribution in [0.1, 0.15) is 18.1 Å². The molecule has 0 atom stereocenters. The predicted octanol–water partition coefficient (Wildman–Crippen LogP) is 3.19. The van der Waals surface area contributed by atoms with E-state index < -0.39 is 0 Å². The molecule has 0 heterocycles. The first-order valence-corrected chi connectivity index (χ1v) is 4.77. The van der Waals surface area contributed by atoms with E-state index in [9.17, 15) is 0 Å². The maximum atomic E-state index is 5.48. The van der Waals surface area contributed by atoms with Crippen LogP contribution in [0, 0.1) is 24.2 Å². The van der Waals surface area contributed by atoms with Gasteiger partial charge < -0.3 is 0 Å². The first-order chi connectivity index (χ1) is 7.35. The number of rotatable bonds is 0. The molecule has 0 nitrogen and oxygen atoms in total. The summed E-state index contributed by atoms with van der Waals surface area (Å²) in [5, 5.41) is 2.26. The Morgan fingerprint density at radius 3 is 2.67 bits per heavy atom. The summed E-state index contributed by atoms with van der Waals surface area (Å²) in [4.78, 5) is 0. The molecule has 0 aromatic heterocycles. The van der Waals surface area contributed by atoms with Gasteiger partial charge in [0.2, 0.25) is 0 Å². The average molecular weight is 190 g/mol. The second-order valence-electron chi connectivity index (χ2n) is 3.26. The van der Waals surface area contributed by atoms with Gasteiger partial charge in [0.05, 0.1) is 0 Å².